The van der Waals surface area contributed by atoms with Crippen LogP contribution >= 0.6 is 0 Å². The maximum Gasteiger partial charge on any atom is 0.108 e. The summed E-state index contributed by atoms with van der Waals surface area (Å²) in [4.78, 5) is 11.9. The van der Waals surface area contributed by atoms with Crippen molar-refractivity contribution in [1.82, 2.24) is 0 Å². The molecule has 0 spiro atoms. The molecule has 1 N–H and O–H groups in total. The number of Topliss-reactive ketones (excluding diaryl/α,β-unsaturated/α-hetero) is 1. The number of halogens is 1. The first-order valence-electron chi connectivity index (χ1n) is 2.78. The van der Waals surface area contributed by atoms with E-state index in [1.165, 1.54) is 4.90 Å². The number of likely N-dealkylation sites (N-methyl/N-ethyl adjacent to an activating group) is 1. The van der Waals surface area contributed by atoms with Crippen molar-refractivity contribution in [3.63, 3.8) is 0 Å². The minimum atomic E-state index is -0.139. The van der Waals surface area contributed by atoms with Crippen molar-refractivity contribution in [2.24, 2.45) is 0 Å². The molecule has 1 fully saturated rings. The molecule has 1 unspecified atom stereocenters. The first-order valence-corrected chi connectivity index (χ1v) is 2.78. The molecule has 1 saturated heterocycles. The number of nitrogens with one attached hydrogen (secondary N) is 1. The topological polar surface area (TPSA) is 21.5 Å². The molecule has 1 aliphatic rings. The van der Waals surface area contributed by atoms with E-state index >= 15 is 0 Å². The summed E-state index contributed by atoms with van der Waals surface area (Å²) in [5.74, 6) is 0.259. The first-order chi connectivity index (χ1) is 3.55. The van der Waals surface area contributed by atoms with Crippen LogP contribution in [0.1, 0.15) is 13.8 Å². The van der Waals surface area contributed by atoms with E-state index in [2.05, 4.69) is 0 Å². The van der Waals surface area contributed by atoms with Crippen molar-refractivity contribution in [2.75, 3.05) is 7.05 Å². The molecule has 0 saturated carbocycles. The zero-order valence-electron chi connectivity index (χ0n) is 6.24. The molecule has 1 heterocycles. The van der Waals surface area contributed by atoms with Crippen molar-refractivity contribution >= 4 is 5.78 Å². The van der Waals surface area contributed by atoms with Crippen molar-refractivity contribution in [3.8, 4) is 0 Å². The van der Waals surface area contributed by atoms with Gasteiger partial charge in [-0.05, 0) is 13.8 Å². The van der Waals surface area contributed by atoms with Crippen LogP contribution in [0.2, 0.25) is 0 Å². The van der Waals surface area contributed by atoms with Crippen LogP contribution < -0.4 is 17.3 Å². The van der Waals surface area contributed by atoms with E-state index in [0.717, 1.165) is 0 Å². The van der Waals surface area contributed by atoms with Crippen molar-refractivity contribution in [2.45, 2.75) is 19.4 Å². The molecule has 61 valence electrons. The molecule has 2 nitrogen and oxygen atoms in total. The Labute approximate surface area is 81.4 Å². The quantitative estimate of drug-likeness (QED) is 0.449. The zero-order chi connectivity index (χ0) is 6.36. The third kappa shape index (κ3) is 1.73. The second-order valence-electron chi connectivity index (χ2n) is 2.82. The summed E-state index contributed by atoms with van der Waals surface area (Å²) >= 11 is 0. The van der Waals surface area contributed by atoms with E-state index in [9.17, 15) is 4.79 Å². The van der Waals surface area contributed by atoms with Crippen LogP contribution in [-0.2, 0) is 25.2 Å². The maximum absolute atomic E-state index is 10.7. The minimum Gasteiger partial charge on any atom is -1.00 e. The van der Waals surface area contributed by atoms with Gasteiger partial charge in [-0.25, -0.2) is 0 Å². The van der Waals surface area contributed by atoms with Crippen LogP contribution in [-0.4, -0.2) is 18.4 Å². The van der Waals surface area contributed by atoms with Crippen molar-refractivity contribution in [1.29, 1.82) is 0 Å². The summed E-state index contributed by atoms with van der Waals surface area (Å²) in [5, 5.41) is 0. The van der Waals surface area contributed by atoms with Crippen molar-refractivity contribution in [3.05, 3.63) is 6.54 Å². The Hall–Kier alpha value is 0.452. The Morgan fingerprint density at radius 1 is 1.50 bits per heavy atom. The number of hydrogen-bond donors (Lipinski definition) is 1. The second kappa shape index (κ2) is 3.73. The molecule has 1 rings (SSSR count). The van der Waals surface area contributed by atoms with Gasteiger partial charge < -0.3 is 22.1 Å². The number of carbonyl (C=O) groups is 1. The molecule has 1 aliphatic heterocycles. The van der Waals surface area contributed by atoms with Gasteiger partial charge in [0.15, 0.2) is 0 Å². The van der Waals surface area contributed by atoms with E-state index in [4.69, 9.17) is 0 Å². The Bertz CT molecular complexity index is 138. The molecule has 10 heavy (non-hydrogen) atoms. The number of carbonyl (C=O) groups excluding carboxylic acids is 1. The summed E-state index contributed by atoms with van der Waals surface area (Å²) in [6.45, 7) is 5.59. The Balaban J connectivity index is 0. The van der Waals surface area contributed by atoms with Gasteiger partial charge in [-0.1, -0.05) is 0 Å². The molecule has 0 aromatic rings. The van der Waals surface area contributed by atoms with E-state index < -0.39 is 0 Å². The second-order valence-corrected chi connectivity index (χ2v) is 2.82. The molecular formula is C6H11ClNORe-. The number of likely N-dealkylation sites (tertiary alicyclic amines) is 1. The van der Waals surface area contributed by atoms with E-state index in [1.807, 2.05) is 20.9 Å². The SMILES string of the molecule is C[NH+]1[CH-]C(=O)C1(C)C.[Cl-].[Re]. The van der Waals surface area contributed by atoms with Crippen molar-refractivity contribution < 1.29 is 42.5 Å². The van der Waals surface area contributed by atoms with Gasteiger partial charge in [0, 0.05) is 27.5 Å². The standard InChI is InChI=1S/C6H11NO.ClH.Re/c1-6(2)5(8)4-7(6)3;;/h4,7H,1-3H3;1H;/p-1. The molecule has 0 aromatic carbocycles. The van der Waals surface area contributed by atoms with Gasteiger partial charge in [0.2, 0.25) is 0 Å². The van der Waals surface area contributed by atoms with Gasteiger partial charge >= 0.3 is 0 Å². The van der Waals surface area contributed by atoms with Gasteiger partial charge in [-0.3, -0.25) is 0 Å². The summed E-state index contributed by atoms with van der Waals surface area (Å²) in [6, 6.07) is 0. The molecule has 1 radical (unpaired) electrons. The summed E-state index contributed by atoms with van der Waals surface area (Å²) in [7, 11) is 1.99. The zero-order valence-corrected chi connectivity index (χ0v) is 9.71. The van der Waals surface area contributed by atoms with Gasteiger partial charge in [-0.15, -0.1) is 6.54 Å². The Morgan fingerprint density at radius 3 is 1.90 bits per heavy atom. The van der Waals surface area contributed by atoms with Gasteiger partial charge in [-0.2, -0.15) is 0 Å². The summed E-state index contributed by atoms with van der Waals surface area (Å²) in [5.41, 5.74) is -0.139. The number of ketones is 1. The van der Waals surface area contributed by atoms with E-state index in [-0.39, 0.29) is 44.2 Å². The summed E-state index contributed by atoms with van der Waals surface area (Å²) in [6.07, 6.45) is 0. The largest absolute Gasteiger partial charge is 1.00 e. The number of quaternary nitrogens is 1. The average Bonchev–Trinajstić information content (AvgIpc) is 1.68. The van der Waals surface area contributed by atoms with Gasteiger partial charge in [0.1, 0.15) is 11.3 Å². The first kappa shape index (κ1) is 13.1. The molecular weight excluding hydrogens is 324 g/mol. The molecule has 0 amide bonds. The van der Waals surface area contributed by atoms with Gasteiger partial charge in [0.05, 0.1) is 0 Å². The molecule has 0 aromatic heterocycles. The molecule has 1 atom stereocenters. The summed E-state index contributed by atoms with van der Waals surface area (Å²) < 4.78 is 0. The average molecular weight is 335 g/mol. The Morgan fingerprint density at radius 2 is 1.90 bits per heavy atom. The maximum atomic E-state index is 10.7. The fourth-order valence-corrected chi connectivity index (χ4v) is 0.674. The molecule has 4 heteroatoms. The van der Waals surface area contributed by atoms with E-state index in [0.29, 0.717) is 0 Å². The molecule has 0 bridgehead atoms. The van der Waals surface area contributed by atoms with Crippen LogP contribution in [0, 0.1) is 6.54 Å². The fourth-order valence-electron chi connectivity index (χ4n) is 0.674. The van der Waals surface area contributed by atoms with E-state index in [1.54, 1.807) is 6.54 Å². The monoisotopic (exact) mass is 335 g/mol. The van der Waals surface area contributed by atoms with Crippen LogP contribution in [0.15, 0.2) is 0 Å². The van der Waals surface area contributed by atoms with Crippen LogP contribution in [0.25, 0.3) is 0 Å². The third-order valence-electron chi connectivity index (χ3n) is 1.95. The minimum absolute atomic E-state index is 0. The van der Waals surface area contributed by atoms with Crippen LogP contribution in [0.3, 0.4) is 0 Å². The smallest absolute Gasteiger partial charge is 0.108 e. The predicted octanol–water partition coefficient (Wildman–Crippen LogP) is -3.97. The molecule has 0 aliphatic carbocycles. The predicted molar refractivity (Wildman–Crippen MR) is 30.3 cm³/mol. The van der Waals surface area contributed by atoms with Crippen LogP contribution in [0.4, 0.5) is 0 Å². The van der Waals surface area contributed by atoms with Gasteiger partial charge in [0.25, 0.3) is 0 Å². The third-order valence-corrected chi connectivity index (χ3v) is 1.95. The number of rotatable bonds is 0. The fraction of sp³-hybridized carbons (Fsp3) is 0.667. The normalized spacial score (nSPS) is 26.7. The van der Waals surface area contributed by atoms with Crippen LogP contribution in [0.5, 0.6) is 0 Å². The Kier molecular flexibility index (Phi) is 4.88. The number of hydrogen-bond acceptors (Lipinski definition) is 1.